The van der Waals surface area contributed by atoms with Crippen LogP contribution in [-0.4, -0.2) is 91.7 Å². The number of benzene rings is 2. The number of hydrogen-bond acceptors (Lipinski definition) is 12. The van der Waals surface area contributed by atoms with Gasteiger partial charge < -0.3 is 33.7 Å². The number of unbranched alkanes of at least 4 members (excludes halogenated alkanes) is 26. The van der Waals surface area contributed by atoms with Crippen molar-refractivity contribution in [2.24, 2.45) is 5.92 Å². The summed E-state index contributed by atoms with van der Waals surface area (Å²) in [6.45, 7) is 7.91. The van der Waals surface area contributed by atoms with Crippen molar-refractivity contribution in [2.75, 3.05) is 27.3 Å². The van der Waals surface area contributed by atoms with E-state index in [2.05, 4.69) is 26.1 Å². The number of phosphoric acid groups is 1. The standard InChI is InChI=1S/C63H107N2O11P/c1-7-10-13-16-19-22-25-27-30-35-42-53(43-36-31-28-26-23-20-17-14-11-8-2)63(69)73-60-57(64-59(67)49-54(66)44-37-32-29-24-21-18-15-12-9-3)50-71-58(51-72-62(68)52(4)65(5)6)61(60)76-77(70,74-55-45-38-33-39-46-55)75-56-47-40-34-41-48-56/h33-34,38-41,45-48,52-54,57-58,60-61,66H,7-32,35-37,42-44,49-51H2,1-6H3,(H,64,67)/t52-,54+,57-,58+,60+,61+/m0/s1. The van der Waals surface area contributed by atoms with E-state index in [9.17, 15) is 19.5 Å². The number of aliphatic hydroxyl groups is 1. The van der Waals surface area contributed by atoms with Crippen molar-refractivity contribution >= 4 is 25.7 Å². The van der Waals surface area contributed by atoms with E-state index < -0.39 is 68.1 Å². The Morgan fingerprint density at radius 1 is 0.597 bits per heavy atom. The summed E-state index contributed by atoms with van der Waals surface area (Å²) in [5.41, 5.74) is 0. The van der Waals surface area contributed by atoms with Crippen LogP contribution in [0.25, 0.3) is 0 Å². The highest BCUT2D eigenvalue weighted by Gasteiger charge is 2.51. The summed E-state index contributed by atoms with van der Waals surface area (Å²) in [7, 11) is -1.18. The number of rotatable bonds is 47. The third-order valence-electron chi connectivity index (χ3n) is 15.1. The number of amides is 1. The van der Waals surface area contributed by atoms with Crippen LogP contribution in [-0.2, 0) is 37.7 Å². The number of nitrogens with zero attached hydrogens (tertiary/aromatic N) is 1. The smallest absolute Gasteiger partial charge is 0.462 e. The summed E-state index contributed by atoms with van der Waals surface area (Å²) < 4.78 is 53.1. The summed E-state index contributed by atoms with van der Waals surface area (Å²) in [6, 6.07) is 15.4. The van der Waals surface area contributed by atoms with Crippen LogP contribution in [0.3, 0.4) is 0 Å². The number of para-hydroxylation sites is 2. The second kappa shape index (κ2) is 42.4. The lowest BCUT2D eigenvalue weighted by Gasteiger charge is -2.42. The lowest BCUT2D eigenvalue weighted by atomic mass is 9.93. The average Bonchev–Trinajstić information content (AvgIpc) is 3.42. The Morgan fingerprint density at radius 3 is 1.42 bits per heavy atom. The van der Waals surface area contributed by atoms with Crippen LogP contribution in [0, 0.1) is 5.92 Å². The molecule has 1 aliphatic heterocycles. The number of carbonyl (C=O) groups is 3. The molecule has 3 rings (SSSR count). The molecule has 0 bridgehead atoms. The molecule has 1 fully saturated rings. The molecule has 1 saturated heterocycles. The Hall–Kier alpha value is -3.48. The number of aliphatic hydroxyl groups excluding tert-OH is 1. The van der Waals surface area contributed by atoms with Crippen molar-refractivity contribution < 1.29 is 51.8 Å². The first-order chi connectivity index (χ1) is 37.4. The Balaban J connectivity index is 1.95. The van der Waals surface area contributed by atoms with Crippen LogP contribution < -0.4 is 14.4 Å². The second-order valence-electron chi connectivity index (χ2n) is 22.2. The van der Waals surface area contributed by atoms with Gasteiger partial charge in [-0.15, -0.1) is 0 Å². The molecule has 0 radical (unpaired) electrons. The summed E-state index contributed by atoms with van der Waals surface area (Å²) in [4.78, 5) is 44.1. The quantitative estimate of drug-likeness (QED) is 0.0368. The highest BCUT2D eigenvalue weighted by Crippen LogP contribution is 2.52. The number of phosphoric ester groups is 1. The summed E-state index contributed by atoms with van der Waals surface area (Å²) in [6.07, 6.45) is 30.6. The van der Waals surface area contributed by atoms with E-state index in [0.717, 1.165) is 57.8 Å². The maximum absolute atomic E-state index is 15.3. The van der Waals surface area contributed by atoms with Crippen LogP contribution in [0.1, 0.15) is 240 Å². The largest absolute Gasteiger partial charge is 0.588 e. The van der Waals surface area contributed by atoms with Gasteiger partial charge in [0.1, 0.15) is 36.4 Å². The molecule has 13 nitrogen and oxygen atoms in total. The van der Waals surface area contributed by atoms with E-state index in [1.807, 2.05) is 0 Å². The third-order valence-corrected chi connectivity index (χ3v) is 16.4. The predicted molar refractivity (Wildman–Crippen MR) is 311 cm³/mol. The number of nitrogens with one attached hydrogen (secondary N) is 1. The van der Waals surface area contributed by atoms with Gasteiger partial charge in [-0.05, 0) is 64.5 Å². The second-order valence-corrected chi connectivity index (χ2v) is 23.6. The van der Waals surface area contributed by atoms with E-state index in [0.29, 0.717) is 19.3 Å². The van der Waals surface area contributed by atoms with Gasteiger partial charge in [-0.1, -0.05) is 243 Å². The minimum Gasteiger partial charge on any atom is -0.462 e. The maximum Gasteiger partial charge on any atom is 0.588 e. The first-order valence-electron chi connectivity index (χ1n) is 30.8. The van der Waals surface area contributed by atoms with E-state index in [1.54, 1.807) is 86.6 Å². The zero-order chi connectivity index (χ0) is 55.8. The van der Waals surface area contributed by atoms with Gasteiger partial charge in [0, 0.05) is 0 Å². The van der Waals surface area contributed by atoms with E-state index in [4.69, 9.17) is 27.8 Å². The monoisotopic (exact) mass is 1100 g/mol. The Labute approximate surface area is 467 Å². The topological polar surface area (TPSA) is 159 Å². The van der Waals surface area contributed by atoms with Crippen molar-refractivity contribution in [3.8, 4) is 11.5 Å². The fraction of sp³-hybridized carbons (Fsp3) is 0.762. The summed E-state index contributed by atoms with van der Waals surface area (Å²) in [5, 5.41) is 14.2. The molecule has 440 valence electrons. The Morgan fingerprint density at radius 2 is 1.00 bits per heavy atom. The summed E-state index contributed by atoms with van der Waals surface area (Å²) in [5.74, 6) is -1.48. The van der Waals surface area contributed by atoms with Crippen molar-refractivity contribution in [2.45, 2.75) is 276 Å². The van der Waals surface area contributed by atoms with Crippen LogP contribution in [0.5, 0.6) is 11.5 Å². The normalized spacial score (nSPS) is 17.5. The molecule has 2 aromatic rings. The zero-order valence-corrected chi connectivity index (χ0v) is 49.9. The number of carbonyl (C=O) groups excluding carboxylic acids is 3. The number of esters is 2. The van der Waals surface area contributed by atoms with E-state index in [-0.39, 0.29) is 31.1 Å². The molecule has 1 heterocycles. The van der Waals surface area contributed by atoms with Crippen molar-refractivity contribution in [1.82, 2.24) is 10.2 Å². The van der Waals surface area contributed by atoms with Gasteiger partial charge in [0.15, 0.2) is 6.10 Å². The molecule has 77 heavy (non-hydrogen) atoms. The molecule has 2 N–H and O–H groups in total. The highest BCUT2D eigenvalue weighted by atomic mass is 31.2. The van der Waals surface area contributed by atoms with Crippen LogP contribution in [0.15, 0.2) is 60.7 Å². The molecule has 0 aliphatic carbocycles. The fourth-order valence-corrected chi connectivity index (χ4v) is 11.4. The van der Waals surface area contributed by atoms with Gasteiger partial charge in [0.05, 0.1) is 31.1 Å². The van der Waals surface area contributed by atoms with Crippen LogP contribution in [0.2, 0.25) is 0 Å². The molecule has 0 saturated carbocycles. The van der Waals surface area contributed by atoms with Gasteiger partial charge in [-0.25, -0.2) is 4.57 Å². The lowest BCUT2D eigenvalue weighted by Crippen LogP contribution is -2.62. The molecule has 1 aliphatic rings. The molecule has 0 spiro atoms. The zero-order valence-electron chi connectivity index (χ0n) is 49.0. The molecule has 1 amide bonds. The first kappa shape index (κ1) is 67.8. The number of likely N-dealkylation sites (N-methyl/N-ethyl adjacent to an activating group) is 1. The molecular weight excluding hydrogens is 992 g/mol. The Bertz CT molecular complexity index is 1770. The minimum atomic E-state index is -4.72. The molecule has 6 atom stereocenters. The van der Waals surface area contributed by atoms with Gasteiger partial charge in [0.25, 0.3) is 0 Å². The SMILES string of the molecule is CCCCCCCCCCCCC(CCCCCCCCCCCC)C(=O)O[C@H]1[C@H](OP(=O)(Oc2ccccc2)Oc2ccccc2)[C@@H](COC(=O)[C@H](C)N(C)C)OC[C@@H]1NC(=O)C[C@H](O)CCCCCCCCCCC. The van der Waals surface area contributed by atoms with Crippen molar-refractivity contribution in [1.29, 1.82) is 0 Å². The van der Waals surface area contributed by atoms with Crippen LogP contribution >= 0.6 is 7.82 Å². The maximum atomic E-state index is 15.3. The average molecular weight is 1100 g/mol. The van der Waals surface area contributed by atoms with Gasteiger partial charge in [-0.3, -0.25) is 23.8 Å². The molecule has 0 unspecified atom stereocenters. The van der Waals surface area contributed by atoms with Crippen LogP contribution in [0.4, 0.5) is 0 Å². The van der Waals surface area contributed by atoms with Crippen molar-refractivity contribution in [3.63, 3.8) is 0 Å². The number of hydrogen-bond donors (Lipinski definition) is 2. The predicted octanol–water partition coefficient (Wildman–Crippen LogP) is 15.8. The van der Waals surface area contributed by atoms with E-state index >= 15 is 4.57 Å². The molecule has 0 aromatic heterocycles. The van der Waals surface area contributed by atoms with Gasteiger partial charge >= 0.3 is 19.8 Å². The van der Waals surface area contributed by atoms with Crippen molar-refractivity contribution in [3.05, 3.63) is 60.7 Å². The lowest BCUT2D eigenvalue weighted by molar-refractivity contribution is -0.196. The minimum absolute atomic E-state index is 0.158. The fourth-order valence-electron chi connectivity index (χ4n) is 9.97. The third kappa shape index (κ3) is 30.6. The molecule has 14 heteroatoms. The molecule has 2 aromatic carbocycles. The highest BCUT2D eigenvalue weighted by molar-refractivity contribution is 7.49. The van der Waals surface area contributed by atoms with Gasteiger partial charge in [-0.2, -0.15) is 0 Å². The van der Waals surface area contributed by atoms with E-state index in [1.165, 1.54) is 128 Å². The first-order valence-corrected chi connectivity index (χ1v) is 32.3. The summed E-state index contributed by atoms with van der Waals surface area (Å²) >= 11 is 0. The van der Waals surface area contributed by atoms with Gasteiger partial charge in [0.2, 0.25) is 5.91 Å². The molecular formula is C63H107N2O11P. The number of ether oxygens (including phenoxy) is 3. The Kier molecular flexibility index (Phi) is 37.3.